The Hall–Kier alpha value is -2.32. The van der Waals surface area contributed by atoms with E-state index in [1.54, 1.807) is 24.3 Å². The molecule has 0 unspecified atom stereocenters. The molecule has 0 atom stereocenters. The minimum Gasteiger partial charge on any atom is -0.325 e. The topological polar surface area (TPSA) is 78.8 Å². The van der Waals surface area contributed by atoms with E-state index in [0.717, 1.165) is 28.6 Å². The van der Waals surface area contributed by atoms with Crippen molar-refractivity contribution in [3.63, 3.8) is 0 Å². The molecule has 0 saturated heterocycles. The lowest BCUT2D eigenvalue weighted by Gasteiger charge is -2.29. The van der Waals surface area contributed by atoms with Crippen molar-refractivity contribution in [1.82, 2.24) is 0 Å². The first kappa shape index (κ1) is 19.4. The smallest absolute Gasteiger partial charge is 0.286 e. The summed E-state index contributed by atoms with van der Waals surface area (Å²) < 4.78 is 28.8. The summed E-state index contributed by atoms with van der Waals surface area (Å²) in [5, 5.41) is 3.16. The van der Waals surface area contributed by atoms with Crippen LogP contribution in [0.3, 0.4) is 0 Å². The van der Waals surface area contributed by atoms with Crippen LogP contribution < -0.4 is 10.2 Å². The summed E-state index contributed by atoms with van der Waals surface area (Å²) in [6.07, 6.45) is 0. The second-order valence-corrected chi connectivity index (χ2v) is 8.79. The number of hydrogen-bond donors (Lipinski definition) is 1. The number of aryl methyl sites for hydroxylation is 2. The fourth-order valence-electron chi connectivity index (χ4n) is 2.99. The van der Waals surface area contributed by atoms with Crippen LogP contribution in [0.5, 0.6) is 0 Å². The van der Waals surface area contributed by atoms with Crippen LogP contribution in [0.15, 0.2) is 51.8 Å². The van der Waals surface area contributed by atoms with Crippen molar-refractivity contribution in [3.8, 4) is 0 Å². The van der Waals surface area contributed by atoms with Gasteiger partial charge in [-0.3, -0.25) is 4.79 Å². The van der Waals surface area contributed by atoms with Crippen LogP contribution in [0.4, 0.5) is 11.4 Å². The molecule has 0 aromatic heterocycles. The number of para-hydroxylation sites is 1. The van der Waals surface area contributed by atoms with Gasteiger partial charge >= 0.3 is 0 Å². The number of hydrogen-bond acceptors (Lipinski definition) is 5. The Morgan fingerprint density at radius 3 is 2.48 bits per heavy atom. The van der Waals surface area contributed by atoms with Gasteiger partial charge in [-0.05, 0) is 56.2 Å². The maximum atomic E-state index is 12.4. The van der Waals surface area contributed by atoms with E-state index in [1.165, 1.54) is 0 Å². The molecule has 1 amide bonds. The number of rotatable bonds is 4. The molecule has 27 heavy (non-hydrogen) atoms. The van der Waals surface area contributed by atoms with Crippen LogP contribution >= 0.6 is 11.8 Å². The zero-order valence-corrected chi connectivity index (χ0v) is 17.0. The number of nitrogens with zero attached hydrogens (tertiary/aromatic N) is 2. The van der Waals surface area contributed by atoms with E-state index in [2.05, 4.69) is 9.71 Å². The molecule has 6 nitrogen and oxygen atoms in total. The zero-order chi connectivity index (χ0) is 19.6. The quantitative estimate of drug-likeness (QED) is 0.844. The molecule has 2 aromatic rings. The molecule has 8 heteroatoms. The van der Waals surface area contributed by atoms with E-state index in [1.807, 2.05) is 43.9 Å². The van der Waals surface area contributed by atoms with Gasteiger partial charge in [-0.15, -0.1) is 4.40 Å². The van der Waals surface area contributed by atoms with Crippen molar-refractivity contribution in [3.05, 3.63) is 53.6 Å². The Morgan fingerprint density at radius 1 is 1.15 bits per heavy atom. The molecule has 1 aliphatic heterocycles. The number of benzene rings is 2. The molecule has 0 spiro atoms. The summed E-state index contributed by atoms with van der Waals surface area (Å²) in [6.45, 7) is 6.41. The summed E-state index contributed by atoms with van der Waals surface area (Å²) in [6, 6.07) is 12.6. The fraction of sp³-hybridized carbons (Fsp3) is 0.263. The largest absolute Gasteiger partial charge is 0.325 e. The number of amidine groups is 1. The van der Waals surface area contributed by atoms with E-state index >= 15 is 0 Å². The standard InChI is InChI=1S/C19H21N3O3S2/c1-4-22-16-7-5-6-8-17(16)27(24,25)21-19(22)26-12-18(23)20-15-10-13(2)9-14(3)11-15/h5-11H,4,12H2,1-3H3,(H,20,23). The number of thioether (sulfide) groups is 1. The molecule has 1 N–H and O–H groups in total. The molecule has 0 bridgehead atoms. The van der Waals surface area contributed by atoms with Crippen molar-refractivity contribution in [2.24, 2.45) is 4.40 Å². The highest BCUT2D eigenvalue weighted by atomic mass is 32.2. The minimum atomic E-state index is -3.76. The van der Waals surface area contributed by atoms with Crippen LogP contribution in [0.1, 0.15) is 18.1 Å². The van der Waals surface area contributed by atoms with Gasteiger partial charge in [-0.25, -0.2) is 0 Å². The second kappa shape index (κ2) is 7.74. The van der Waals surface area contributed by atoms with Gasteiger partial charge in [0.05, 0.1) is 11.4 Å². The molecule has 0 aliphatic carbocycles. The minimum absolute atomic E-state index is 0.0695. The molecule has 1 aliphatic rings. The van der Waals surface area contributed by atoms with Gasteiger partial charge in [0, 0.05) is 12.2 Å². The van der Waals surface area contributed by atoms with Crippen molar-refractivity contribution in [1.29, 1.82) is 0 Å². The number of nitrogens with one attached hydrogen (secondary N) is 1. The third kappa shape index (κ3) is 4.33. The molecule has 3 rings (SSSR count). The number of carbonyl (C=O) groups is 1. The van der Waals surface area contributed by atoms with Crippen LogP contribution in [-0.4, -0.2) is 31.8 Å². The fourth-order valence-corrected chi connectivity index (χ4v) is 5.30. The van der Waals surface area contributed by atoms with Gasteiger partial charge in [-0.2, -0.15) is 8.42 Å². The average molecular weight is 404 g/mol. The van der Waals surface area contributed by atoms with Crippen LogP contribution in [0.25, 0.3) is 0 Å². The molecule has 2 aromatic carbocycles. The number of amides is 1. The molecular weight excluding hydrogens is 382 g/mol. The third-order valence-corrected chi connectivity index (χ3v) is 6.42. The number of carbonyl (C=O) groups excluding carboxylic acids is 1. The Bertz CT molecular complexity index is 996. The lowest BCUT2D eigenvalue weighted by Crippen LogP contribution is -2.34. The van der Waals surface area contributed by atoms with Gasteiger partial charge in [-0.1, -0.05) is 30.0 Å². The van der Waals surface area contributed by atoms with Crippen LogP contribution in [0.2, 0.25) is 0 Å². The Balaban J connectivity index is 1.75. The van der Waals surface area contributed by atoms with E-state index in [0.29, 0.717) is 17.4 Å². The monoisotopic (exact) mass is 403 g/mol. The summed E-state index contributed by atoms with van der Waals surface area (Å²) in [4.78, 5) is 14.3. The normalized spacial score (nSPS) is 15.1. The van der Waals surface area contributed by atoms with Gasteiger partial charge in [0.25, 0.3) is 10.0 Å². The maximum Gasteiger partial charge on any atom is 0.286 e. The zero-order valence-electron chi connectivity index (χ0n) is 15.4. The maximum absolute atomic E-state index is 12.4. The van der Waals surface area contributed by atoms with E-state index in [4.69, 9.17) is 0 Å². The highest BCUT2D eigenvalue weighted by molar-refractivity contribution is 8.15. The predicted molar refractivity (Wildman–Crippen MR) is 111 cm³/mol. The molecule has 0 radical (unpaired) electrons. The van der Waals surface area contributed by atoms with Gasteiger partial charge in [0.15, 0.2) is 5.17 Å². The molecular formula is C19H21N3O3S2. The highest BCUT2D eigenvalue weighted by Gasteiger charge is 2.30. The molecule has 0 saturated carbocycles. The van der Waals surface area contributed by atoms with Gasteiger partial charge in [0.1, 0.15) is 4.90 Å². The lowest BCUT2D eigenvalue weighted by atomic mass is 10.1. The van der Waals surface area contributed by atoms with Crippen molar-refractivity contribution in [2.75, 3.05) is 22.5 Å². The van der Waals surface area contributed by atoms with Crippen molar-refractivity contribution < 1.29 is 13.2 Å². The highest BCUT2D eigenvalue weighted by Crippen LogP contribution is 2.33. The van der Waals surface area contributed by atoms with E-state index in [9.17, 15) is 13.2 Å². The van der Waals surface area contributed by atoms with Crippen LogP contribution in [0, 0.1) is 13.8 Å². The first-order chi connectivity index (χ1) is 12.8. The predicted octanol–water partition coefficient (Wildman–Crippen LogP) is 3.56. The SMILES string of the molecule is CCN1C(SCC(=O)Nc2cc(C)cc(C)c2)=NS(=O)(=O)c2ccccc21. The summed E-state index contributed by atoms with van der Waals surface area (Å²) in [5.41, 5.74) is 3.45. The van der Waals surface area contributed by atoms with Gasteiger partial charge in [0.2, 0.25) is 5.91 Å². The second-order valence-electron chi connectivity index (χ2n) is 6.27. The summed E-state index contributed by atoms with van der Waals surface area (Å²) in [7, 11) is -3.76. The first-order valence-electron chi connectivity index (χ1n) is 8.52. The molecule has 142 valence electrons. The van der Waals surface area contributed by atoms with Crippen molar-refractivity contribution >= 4 is 44.2 Å². The number of fused-ring (bicyclic) bond motifs is 1. The van der Waals surface area contributed by atoms with Crippen LogP contribution in [-0.2, 0) is 14.8 Å². The van der Waals surface area contributed by atoms with Crippen molar-refractivity contribution in [2.45, 2.75) is 25.7 Å². The number of anilines is 2. The lowest BCUT2D eigenvalue weighted by molar-refractivity contribution is -0.113. The molecule has 1 heterocycles. The Labute approximate surface area is 163 Å². The first-order valence-corrected chi connectivity index (χ1v) is 10.9. The average Bonchev–Trinajstić information content (AvgIpc) is 2.59. The summed E-state index contributed by atoms with van der Waals surface area (Å²) in [5.74, 6) is -0.139. The third-order valence-electron chi connectivity index (χ3n) is 4.02. The van der Waals surface area contributed by atoms with E-state index < -0.39 is 10.0 Å². The Morgan fingerprint density at radius 2 is 1.81 bits per heavy atom. The van der Waals surface area contributed by atoms with Gasteiger partial charge < -0.3 is 10.2 Å². The Kier molecular flexibility index (Phi) is 5.57. The van der Waals surface area contributed by atoms with E-state index in [-0.39, 0.29) is 16.6 Å². The summed E-state index contributed by atoms with van der Waals surface area (Å²) >= 11 is 1.12. The number of sulfonamides is 1. The molecule has 0 fully saturated rings.